The van der Waals surface area contributed by atoms with E-state index in [4.69, 9.17) is 9.47 Å². The van der Waals surface area contributed by atoms with Crippen LogP contribution in [0.1, 0.15) is 43.4 Å². The van der Waals surface area contributed by atoms with Crippen molar-refractivity contribution in [3.63, 3.8) is 0 Å². The van der Waals surface area contributed by atoms with Crippen LogP contribution in [0, 0.1) is 6.92 Å². The third-order valence-electron chi connectivity index (χ3n) is 5.31. The smallest absolute Gasteiger partial charge is 0.235 e. The highest BCUT2D eigenvalue weighted by Crippen LogP contribution is 2.40. The van der Waals surface area contributed by atoms with Crippen molar-refractivity contribution in [1.82, 2.24) is 4.98 Å². The third kappa shape index (κ3) is 4.48. The molecule has 1 aromatic carbocycles. The van der Waals surface area contributed by atoms with Crippen molar-refractivity contribution < 1.29 is 14.3 Å². The number of anilines is 1. The van der Waals surface area contributed by atoms with Crippen molar-refractivity contribution in [2.24, 2.45) is 0 Å². The quantitative estimate of drug-likeness (QED) is 0.742. The molecule has 5 nitrogen and oxygen atoms in total. The van der Waals surface area contributed by atoms with E-state index in [2.05, 4.69) is 22.4 Å². The van der Waals surface area contributed by atoms with Gasteiger partial charge in [0.05, 0.1) is 23.4 Å². The molecule has 1 heterocycles. The van der Waals surface area contributed by atoms with Gasteiger partial charge in [0.15, 0.2) is 0 Å². The Balaban J connectivity index is 1.78. The SMILES string of the molecule is COCCOc1ccc(NC(=O)C2(c3ccccc3)CCCCC2)c(C)n1. The second-order valence-electron chi connectivity index (χ2n) is 7.09. The van der Waals surface area contributed by atoms with Gasteiger partial charge < -0.3 is 14.8 Å². The Morgan fingerprint density at radius 3 is 2.48 bits per heavy atom. The lowest BCUT2D eigenvalue weighted by atomic mass is 9.68. The number of ether oxygens (including phenoxy) is 2. The molecule has 27 heavy (non-hydrogen) atoms. The summed E-state index contributed by atoms with van der Waals surface area (Å²) in [5.41, 5.74) is 2.13. The van der Waals surface area contributed by atoms with Crippen molar-refractivity contribution in [3.8, 4) is 5.88 Å². The predicted molar refractivity (Wildman–Crippen MR) is 106 cm³/mol. The molecule has 1 amide bonds. The summed E-state index contributed by atoms with van der Waals surface area (Å²) in [4.78, 5) is 17.8. The molecule has 2 aromatic rings. The molecular weight excluding hydrogens is 340 g/mol. The van der Waals surface area contributed by atoms with Gasteiger partial charge in [-0.3, -0.25) is 4.79 Å². The normalized spacial score (nSPS) is 15.9. The molecule has 0 aliphatic heterocycles. The number of hydrogen-bond acceptors (Lipinski definition) is 4. The minimum atomic E-state index is -0.459. The molecule has 1 N–H and O–H groups in total. The van der Waals surface area contributed by atoms with E-state index < -0.39 is 5.41 Å². The summed E-state index contributed by atoms with van der Waals surface area (Å²) in [6.07, 6.45) is 5.11. The van der Waals surface area contributed by atoms with Crippen molar-refractivity contribution in [1.29, 1.82) is 0 Å². The Hall–Kier alpha value is -2.40. The molecule has 0 unspecified atom stereocenters. The lowest BCUT2D eigenvalue weighted by Crippen LogP contribution is -2.42. The molecule has 1 aliphatic carbocycles. The number of nitrogens with one attached hydrogen (secondary N) is 1. The Labute approximate surface area is 161 Å². The highest BCUT2D eigenvalue weighted by molar-refractivity contribution is 5.99. The topological polar surface area (TPSA) is 60.5 Å². The molecule has 1 aliphatic rings. The van der Waals surface area contributed by atoms with Crippen LogP contribution in [0.3, 0.4) is 0 Å². The first-order chi connectivity index (χ1) is 13.2. The summed E-state index contributed by atoms with van der Waals surface area (Å²) in [6.45, 7) is 2.85. The lowest BCUT2D eigenvalue weighted by Gasteiger charge is -2.36. The average Bonchev–Trinajstić information content (AvgIpc) is 2.71. The highest BCUT2D eigenvalue weighted by atomic mass is 16.5. The van der Waals surface area contributed by atoms with Gasteiger partial charge in [0.25, 0.3) is 0 Å². The molecule has 0 bridgehead atoms. The first kappa shape index (κ1) is 19.4. The summed E-state index contributed by atoms with van der Waals surface area (Å²) < 4.78 is 10.5. The molecule has 0 saturated heterocycles. The van der Waals surface area contributed by atoms with Crippen LogP contribution in [0.15, 0.2) is 42.5 Å². The number of methoxy groups -OCH3 is 1. The van der Waals surface area contributed by atoms with Crippen LogP contribution in [-0.4, -0.2) is 31.2 Å². The van der Waals surface area contributed by atoms with Gasteiger partial charge in [0.1, 0.15) is 6.61 Å². The van der Waals surface area contributed by atoms with Crippen molar-refractivity contribution in [2.75, 3.05) is 25.6 Å². The van der Waals surface area contributed by atoms with Gasteiger partial charge in [0.2, 0.25) is 11.8 Å². The number of pyridine rings is 1. The fraction of sp³-hybridized carbons (Fsp3) is 0.455. The standard InChI is InChI=1S/C22H28N2O3/c1-17-19(11-12-20(23-17)27-16-15-26-2)24-21(25)22(13-7-4-8-14-22)18-9-5-3-6-10-18/h3,5-6,9-12H,4,7-8,13-16H2,1-2H3,(H,24,25). The fourth-order valence-corrected chi connectivity index (χ4v) is 3.78. The minimum Gasteiger partial charge on any atom is -0.475 e. The molecule has 3 rings (SSSR count). The maximum absolute atomic E-state index is 13.4. The molecule has 1 fully saturated rings. The van der Waals surface area contributed by atoms with Crippen LogP contribution >= 0.6 is 0 Å². The van der Waals surface area contributed by atoms with Crippen LogP contribution in [0.5, 0.6) is 5.88 Å². The van der Waals surface area contributed by atoms with Gasteiger partial charge in [-0.1, -0.05) is 49.6 Å². The van der Waals surface area contributed by atoms with E-state index in [1.165, 1.54) is 6.42 Å². The van der Waals surface area contributed by atoms with Gasteiger partial charge in [0, 0.05) is 13.2 Å². The molecule has 144 valence electrons. The summed E-state index contributed by atoms with van der Waals surface area (Å²) in [7, 11) is 1.63. The molecule has 1 saturated carbocycles. The zero-order valence-corrected chi connectivity index (χ0v) is 16.2. The molecule has 1 aromatic heterocycles. The largest absolute Gasteiger partial charge is 0.475 e. The first-order valence-electron chi connectivity index (χ1n) is 9.62. The van der Waals surface area contributed by atoms with E-state index in [0.717, 1.165) is 42.6 Å². The summed E-state index contributed by atoms with van der Waals surface area (Å²) in [5.74, 6) is 0.601. The van der Waals surface area contributed by atoms with Crippen LogP contribution in [0.25, 0.3) is 0 Å². The Morgan fingerprint density at radius 1 is 1.07 bits per heavy atom. The third-order valence-corrected chi connectivity index (χ3v) is 5.31. The van der Waals surface area contributed by atoms with Crippen LogP contribution in [0.4, 0.5) is 5.69 Å². The molecule has 0 radical (unpaired) electrons. The number of aryl methyl sites for hydroxylation is 1. The van der Waals surface area contributed by atoms with Gasteiger partial charge >= 0.3 is 0 Å². The number of carbonyl (C=O) groups excluding carboxylic acids is 1. The van der Waals surface area contributed by atoms with E-state index in [9.17, 15) is 4.79 Å². The molecule has 5 heteroatoms. The number of carbonyl (C=O) groups is 1. The van der Waals surface area contributed by atoms with Crippen LogP contribution in [0.2, 0.25) is 0 Å². The van der Waals surface area contributed by atoms with E-state index in [0.29, 0.717) is 19.1 Å². The number of aromatic nitrogens is 1. The zero-order valence-electron chi connectivity index (χ0n) is 16.2. The second-order valence-corrected chi connectivity index (χ2v) is 7.09. The number of amides is 1. The summed E-state index contributed by atoms with van der Waals surface area (Å²) in [6, 6.07) is 13.8. The van der Waals surface area contributed by atoms with Gasteiger partial charge in [-0.05, 0) is 31.4 Å². The van der Waals surface area contributed by atoms with Crippen molar-refractivity contribution in [3.05, 3.63) is 53.7 Å². The van der Waals surface area contributed by atoms with E-state index in [1.54, 1.807) is 13.2 Å². The summed E-state index contributed by atoms with van der Waals surface area (Å²) in [5, 5.41) is 3.13. The van der Waals surface area contributed by atoms with E-state index >= 15 is 0 Å². The number of benzene rings is 1. The zero-order chi connectivity index (χ0) is 19.1. The second kappa shape index (κ2) is 9.00. The van der Waals surface area contributed by atoms with E-state index in [-0.39, 0.29) is 5.91 Å². The number of nitrogens with zero attached hydrogens (tertiary/aromatic N) is 1. The average molecular weight is 368 g/mol. The van der Waals surface area contributed by atoms with Crippen molar-refractivity contribution >= 4 is 11.6 Å². The number of hydrogen-bond donors (Lipinski definition) is 1. The minimum absolute atomic E-state index is 0.0614. The van der Waals surface area contributed by atoms with E-state index in [1.807, 2.05) is 31.2 Å². The highest BCUT2D eigenvalue weighted by Gasteiger charge is 2.41. The Morgan fingerprint density at radius 2 is 1.81 bits per heavy atom. The molecule has 0 spiro atoms. The summed E-state index contributed by atoms with van der Waals surface area (Å²) >= 11 is 0. The Bertz CT molecular complexity index is 755. The maximum atomic E-state index is 13.4. The van der Waals surface area contributed by atoms with Gasteiger partial charge in [-0.15, -0.1) is 0 Å². The van der Waals surface area contributed by atoms with Gasteiger partial charge in [-0.25, -0.2) is 4.98 Å². The first-order valence-corrected chi connectivity index (χ1v) is 9.62. The number of rotatable bonds is 7. The van der Waals surface area contributed by atoms with Gasteiger partial charge in [-0.2, -0.15) is 0 Å². The molecule has 0 atom stereocenters. The Kier molecular flexibility index (Phi) is 6.45. The maximum Gasteiger partial charge on any atom is 0.235 e. The lowest BCUT2D eigenvalue weighted by molar-refractivity contribution is -0.122. The predicted octanol–water partition coefficient (Wildman–Crippen LogP) is 4.26. The van der Waals surface area contributed by atoms with Crippen molar-refractivity contribution in [2.45, 2.75) is 44.4 Å². The molecular formula is C22H28N2O3. The van der Waals surface area contributed by atoms with Crippen LogP contribution in [-0.2, 0) is 14.9 Å². The monoisotopic (exact) mass is 368 g/mol. The fourth-order valence-electron chi connectivity index (χ4n) is 3.78. The van der Waals surface area contributed by atoms with Crippen LogP contribution < -0.4 is 10.1 Å².